The van der Waals surface area contributed by atoms with Crippen molar-refractivity contribution in [1.82, 2.24) is 29.3 Å². The van der Waals surface area contributed by atoms with E-state index >= 15 is 0 Å². The molecule has 2 amide bonds. The number of hydrogen-bond donors (Lipinski definition) is 2. The van der Waals surface area contributed by atoms with Gasteiger partial charge in [0.1, 0.15) is 23.1 Å². The number of nitrogens with one attached hydrogen (secondary N) is 2. The average Bonchev–Trinajstić information content (AvgIpc) is 3.38. The van der Waals surface area contributed by atoms with Gasteiger partial charge in [0.05, 0.1) is 34.5 Å². The maximum absolute atomic E-state index is 13.4. The van der Waals surface area contributed by atoms with Crippen LogP contribution in [0.1, 0.15) is 53.4 Å². The fraction of sp³-hybridized carbons (Fsp3) is 0.389. The van der Waals surface area contributed by atoms with E-state index in [-0.39, 0.29) is 11.4 Å². The number of alkyl halides is 4. The van der Waals surface area contributed by atoms with E-state index in [9.17, 15) is 27.2 Å². The van der Waals surface area contributed by atoms with Crippen molar-refractivity contribution >= 4 is 34.8 Å². The minimum Gasteiger partial charge on any atom is -0.321 e. The lowest BCUT2D eigenvalue weighted by Crippen LogP contribution is -2.27. The molecular weight excluding hydrogens is 472 g/mol. The summed E-state index contributed by atoms with van der Waals surface area (Å²) < 4.78 is 56.2. The predicted octanol–water partition coefficient (Wildman–Crippen LogP) is 3.64. The molecule has 0 aromatic carbocycles. The van der Waals surface area contributed by atoms with Crippen LogP contribution in [0.5, 0.6) is 0 Å². The Bertz CT molecular complexity index is 1200. The number of carbonyl (C=O) groups excluding carboxylic acids is 2. The highest BCUT2D eigenvalue weighted by Gasteiger charge is 2.32. The molecule has 1 atom stereocenters. The van der Waals surface area contributed by atoms with Gasteiger partial charge in [0.2, 0.25) is 5.91 Å². The molecule has 0 aliphatic rings. The fourth-order valence-corrected chi connectivity index (χ4v) is 3.31. The van der Waals surface area contributed by atoms with Crippen molar-refractivity contribution in [2.24, 2.45) is 14.1 Å². The summed E-state index contributed by atoms with van der Waals surface area (Å²) in [6, 6.07) is -1.46. The molecule has 3 rings (SSSR count). The van der Waals surface area contributed by atoms with E-state index in [1.807, 2.05) is 0 Å². The summed E-state index contributed by atoms with van der Waals surface area (Å²) >= 11 is 5.64. The normalized spacial score (nSPS) is 12.5. The summed E-state index contributed by atoms with van der Waals surface area (Å²) in [5, 5.41) is 15.5. The van der Waals surface area contributed by atoms with Crippen LogP contribution in [0, 0.1) is 6.92 Å². The van der Waals surface area contributed by atoms with Gasteiger partial charge in [0, 0.05) is 14.1 Å². The molecule has 33 heavy (non-hydrogen) atoms. The van der Waals surface area contributed by atoms with Crippen LogP contribution in [0.2, 0.25) is 5.02 Å². The number of hydrogen-bond acceptors (Lipinski definition) is 5. The lowest BCUT2D eigenvalue weighted by molar-refractivity contribution is -0.119. The van der Waals surface area contributed by atoms with Crippen molar-refractivity contribution in [2.75, 3.05) is 10.6 Å². The average molecular weight is 491 g/mol. The van der Waals surface area contributed by atoms with Crippen molar-refractivity contribution in [2.45, 2.75) is 32.7 Å². The Kier molecular flexibility index (Phi) is 6.76. The van der Waals surface area contributed by atoms with Gasteiger partial charge < -0.3 is 10.6 Å². The summed E-state index contributed by atoms with van der Waals surface area (Å²) in [4.78, 5) is 25.5. The Morgan fingerprint density at radius 3 is 2.15 bits per heavy atom. The molecule has 10 nitrogen and oxygen atoms in total. The second-order valence-corrected chi connectivity index (χ2v) is 7.43. The predicted molar refractivity (Wildman–Crippen MR) is 110 cm³/mol. The van der Waals surface area contributed by atoms with E-state index in [0.29, 0.717) is 16.1 Å². The molecule has 1 unspecified atom stereocenters. The Hall–Kier alpha value is -3.42. The van der Waals surface area contributed by atoms with Crippen molar-refractivity contribution in [3.05, 3.63) is 40.2 Å². The topological polar surface area (TPSA) is 112 Å². The van der Waals surface area contributed by atoms with Crippen LogP contribution in [0.15, 0.2) is 12.4 Å². The maximum atomic E-state index is 13.4. The first-order valence-electron chi connectivity index (χ1n) is 9.40. The molecule has 0 aliphatic carbocycles. The van der Waals surface area contributed by atoms with Crippen LogP contribution in [-0.4, -0.2) is 41.2 Å². The zero-order valence-corrected chi connectivity index (χ0v) is 18.5. The molecule has 2 N–H and O–H groups in total. The van der Waals surface area contributed by atoms with Gasteiger partial charge in [-0.05, 0) is 13.8 Å². The number of nitrogens with zero attached hydrogens (tertiary/aromatic N) is 6. The van der Waals surface area contributed by atoms with Crippen LogP contribution in [0.4, 0.5) is 28.9 Å². The summed E-state index contributed by atoms with van der Waals surface area (Å²) in [7, 11) is 3.15. The third-order valence-electron chi connectivity index (χ3n) is 4.97. The van der Waals surface area contributed by atoms with Crippen LogP contribution in [0.25, 0.3) is 0 Å². The monoisotopic (exact) mass is 490 g/mol. The first-order valence-corrected chi connectivity index (χ1v) is 9.78. The molecule has 15 heteroatoms. The minimum absolute atomic E-state index is 0.0284. The van der Waals surface area contributed by atoms with Crippen LogP contribution >= 0.6 is 11.6 Å². The maximum Gasteiger partial charge on any atom is 0.283 e. The van der Waals surface area contributed by atoms with Crippen molar-refractivity contribution in [1.29, 1.82) is 0 Å². The molecule has 0 aliphatic heterocycles. The van der Waals surface area contributed by atoms with E-state index in [4.69, 9.17) is 11.6 Å². The molecule has 0 radical (unpaired) electrons. The van der Waals surface area contributed by atoms with E-state index in [1.165, 1.54) is 31.0 Å². The summed E-state index contributed by atoms with van der Waals surface area (Å²) in [6.45, 7) is 2.91. The molecule has 3 aromatic heterocycles. The van der Waals surface area contributed by atoms with E-state index in [0.717, 1.165) is 0 Å². The van der Waals surface area contributed by atoms with E-state index in [2.05, 4.69) is 25.9 Å². The molecule has 0 fully saturated rings. The van der Waals surface area contributed by atoms with Gasteiger partial charge >= 0.3 is 0 Å². The molecular formula is C18H19ClF4N8O2. The molecule has 178 valence electrons. The smallest absolute Gasteiger partial charge is 0.283 e. The second kappa shape index (κ2) is 9.21. The Morgan fingerprint density at radius 2 is 1.61 bits per heavy atom. The summed E-state index contributed by atoms with van der Waals surface area (Å²) in [6.07, 6.45) is -3.84. The molecule has 0 saturated carbocycles. The van der Waals surface area contributed by atoms with Gasteiger partial charge in [0.15, 0.2) is 0 Å². The largest absolute Gasteiger partial charge is 0.321 e. The van der Waals surface area contributed by atoms with Crippen molar-refractivity contribution in [3.8, 4) is 0 Å². The molecule has 3 heterocycles. The Balaban J connectivity index is 1.87. The zero-order valence-electron chi connectivity index (χ0n) is 17.8. The van der Waals surface area contributed by atoms with Crippen molar-refractivity contribution in [3.63, 3.8) is 0 Å². The Labute approximate surface area is 189 Å². The quantitative estimate of drug-likeness (QED) is 0.491. The first-order chi connectivity index (χ1) is 15.4. The lowest BCUT2D eigenvalue weighted by Gasteiger charge is -2.16. The highest BCUT2D eigenvalue weighted by Crippen LogP contribution is 2.36. The third kappa shape index (κ3) is 4.55. The number of aryl methyl sites for hydroxylation is 2. The lowest BCUT2D eigenvalue weighted by atomic mass is 10.2. The summed E-state index contributed by atoms with van der Waals surface area (Å²) in [5.74, 6) is -1.53. The van der Waals surface area contributed by atoms with Gasteiger partial charge in [-0.3, -0.25) is 19.0 Å². The third-order valence-corrected chi connectivity index (χ3v) is 5.35. The van der Waals surface area contributed by atoms with E-state index < -0.39 is 47.1 Å². The number of anilines is 2. The minimum atomic E-state index is -3.25. The number of carbonyl (C=O) groups is 2. The number of halogens is 5. The van der Waals surface area contributed by atoms with E-state index in [1.54, 1.807) is 18.7 Å². The standard InChI is InChI=1S/C18H19ClF4N8O2/c1-7-9(5-24-29(7)3)26-18(33)13-10(6-25-30(13)4)27-17(32)8(2)31-14(16(22)23)11(19)12(28-31)15(20)21/h5-6,8,15-16H,1-4H3,(H,26,33)(H,27,32). The molecule has 0 spiro atoms. The highest BCUT2D eigenvalue weighted by molar-refractivity contribution is 6.32. The first kappa shape index (κ1) is 24.2. The molecule has 3 aromatic rings. The van der Waals surface area contributed by atoms with Gasteiger partial charge in [-0.1, -0.05) is 11.6 Å². The number of amides is 2. The zero-order chi connectivity index (χ0) is 24.6. The van der Waals surface area contributed by atoms with Gasteiger partial charge in [-0.2, -0.15) is 15.3 Å². The van der Waals surface area contributed by atoms with Crippen LogP contribution in [0.3, 0.4) is 0 Å². The summed E-state index contributed by atoms with van der Waals surface area (Å²) in [5.41, 5.74) is -1.03. The number of aromatic nitrogens is 6. The highest BCUT2D eigenvalue weighted by atomic mass is 35.5. The second-order valence-electron chi connectivity index (χ2n) is 7.05. The SMILES string of the molecule is Cc1c(NC(=O)c2c(NC(=O)C(C)n3nc(C(F)F)c(Cl)c3C(F)F)cnn2C)cnn1C. The van der Waals surface area contributed by atoms with Gasteiger partial charge in [-0.15, -0.1) is 0 Å². The number of rotatable bonds is 7. The van der Waals surface area contributed by atoms with Gasteiger partial charge in [-0.25, -0.2) is 22.2 Å². The van der Waals surface area contributed by atoms with Crippen molar-refractivity contribution < 1.29 is 27.2 Å². The fourth-order valence-electron chi connectivity index (χ4n) is 3.03. The molecule has 0 saturated heterocycles. The van der Waals surface area contributed by atoms with Crippen LogP contribution in [-0.2, 0) is 18.9 Å². The van der Waals surface area contributed by atoms with Gasteiger partial charge in [0.25, 0.3) is 18.8 Å². The van der Waals surface area contributed by atoms with Crippen LogP contribution < -0.4 is 10.6 Å². The molecule has 0 bridgehead atoms. The Morgan fingerprint density at radius 1 is 1.00 bits per heavy atom.